The fourth-order valence-corrected chi connectivity index (χ4v) is 3.42. The summed E-state index contributed by atoms with van der Waals surface area (Å²) in [6.45, 7) is 1.75. The molecule has 0 spiro atoms. The SMILES string of the molecule is O=C(OC1CCC1)N1CCC(CCCCc2ccncc2)CC1. The van der Waals surface area contributed by atoms with Gasteiger partial charge in [-0.05, 0) is 68.6 Å². The van der Waals surface area contributed by atoms with Crippen LogP contribution in [0.25, 0.3) is 0 Å². The first-order valence-electron chi connectivity index (χ1n) is 9.16. The van der Waals surface area contributed by atoms with E-state index < -0.39 is 0 Å². The topological polar surface area (TPSA) is 42.4 Å². The van der Waals surface area contributed by atoms with Crippen LogP contribution in [0.3, 0.4) is 0 Å². The molecule has 1 aromatic rings. The molecule has 1 amide bonds. The number of carbonyl (C=O) groups excluding carboxylic acids is 1. The van der Waals surface area contributed by atoms with Gasteiger partial charge in [0, 0.05) is 25.5 Å². The van der Waals surface area contributed by atoms with Gasteiger partial charge in [-0.15, -0.1) is 0 Å². The van der Waals surface area contributed by atoms with E-state index in [2.05, 4.69) is 17.1 Å². The van der Waals surface area contributed by atoms with Gasteiger partial charge in [-0.25, -0.2) is 4.79 Å². The molecule has 1 aliphatic carbocycles. The van der Waals surface area contributed by atoms with E-state index in [0.29, 0.717) is 0 Å². The van der Waals surface area contributed by atoms with Gasteiger partial charge in [0.05, 0.1) is 0 Å². The van der Waals surface area contributed by atoms with E-state index in [0.717, 1.165) is 51.1 Å². The number of unbranched alkanes of at least 4 members (excludes halogenated alkanes) is 1. The second-order valence-corrected chi connectivity index (χ2v) is 6.97. The number of rotatable bonds is 6. The molecule has 23 heavy (non-hydrogen) atoms. The van der Waals surface area contributed by atoms with Crippen LogP contribution >= 0.6 is 0 Å². The van der Waals surface area contributed by atoms with Crippen molar-refractivity contribution in [3.05, 3.63) is 30.1 Å². The molecular weight excluding hydrogens is 288 g/mol. The maximum absolute atomic E-state index is 12.0. The number of pyridine rings is 1. The van der Waals surface area contributed by atoms with Gasteiger partial charge >= 0.3 is 6.09 Å². The monoisotopic (exact) mass is 316 g/mol. The van der Waals surface area contributed by atoms with E-state index in [9.17, 15) is 4.79 Å². The predicted octanol–water partition coefficient (Wildman–Crippen LogP) is 4.20. The highest BCUT2D eigenvalue weighted by Gasteiger charge is 2.27. The minimum Gasteiger partial charge on any atom is -0.446 e. The number of aromatic nitrogens is 1. The quantitative estimate of drug-likeness (QED) is 0.739. The molecule has 0 aromatic carbocycles. The highest BCUT2D eigenvalue weighted by Crippen LogP contribution is 2.26. The molecule has 1 saturated carbocycles. The van der Waals surface area contributed by atoms with E-state index in [4.69, 9.17) is 4.74 Å². The Morgan fingerprint density at radius 1 is 1.13 bits per heavy atom. The van der Waals surface area contributed by atoms with Crippen molar-refractivity contribution in [3.63, 3.8) is 0 Å². The van der Waals surface area contributed by atoms with Crippen molar-refractivity contribution in [3.8, 4) is 0 Å². The molecule has 4 nitrogen and oxygen atoms in total. The van der Waals surface area contributed by atoms with Crippen molar-refractivity contribution >= 4 is 6.09 Å². The lowest BCUT2D eigenvalue weighted by atomic mass is 9.91. The molecule has 4 heteroatoms. The van der Waals surface area contributed by atoms with Gasteiger partial charge in [0.1, 0.15) is 6.10 Å². The average Bonchev–Trinajstić information content (AvgIpc) is 2.56. The van der Waals surface area contributed by atoms with Crippen molar-refractivity contribution < 1.29 is 9.53 Å². The molecular formula is C19H28N2O2. The molecule has 0 radical (unpaired) electrons. The summed E-state index contributed by atoms with van der Waals surface area (Å²) in [4.78, 5) is 18.0. The Hall–Kier alpha value is -1.58. The maximum atomic E-state index is 12.0. The van der Waals surface area contributed by atoms with Gasteiger partial charge in [-0.1, -0.05) is 12.8 Å². The van der Waals surface area contributed by atoms with E-state index in [-0.39, 0.29) is 12.2 Å². The van der Waals surface area contributed by atoms with Crippen LogP contribution in [0.15, 0.2) is 24.5 Å². The van der Waals surface area contributed by atoms with E-state index in [1.165, 1.54) is 31.2 Å². The smallest absolute Gasteiger partial charge is 0.410 e. The number of hydrogen-bond donors (Lipinski definition) is 0. The van der Waals surface area contributed by atoms with Crippen LogP contribution in [0.5, 0.6) is 0 Å². The zero-order chi connectivity index (χ0) is 15.9. The number of aryl methyl sites for hydroxylation is 1. The molecule has 0 bridgehead atoms. The van der Waals surface area contributed by atoms with Crippen LogP contribution in [0.4, 0.5) is 4.79 Å². The van der Waals surface area contributed by atoms with Gasteiger partial charge in [0.25, 0.3) is 0 Å². The normalized spacial score (nSPS) is 19.4. The first-order chi connectivity index (χ1) is 11.3. The Labute approximate surface area is 139 Å². The minimum absolute atomic E-state index is 0.0779. The predicted molar refractivity (Wildman–Crippen MR) is 90.2 cm³/mol. The molecule has 2 heterocycles. The van der Waals surface area contributed by atoms with Crippen LogP contribution in [0.2, 0.25) is 0 Å². The number of piperidine rings is 1. The van der Waals surface area contributed by atoms with Crippen molar-refractivity contribution in [2.24, 2.45) is 5.92 Å². The Morgan fingerprint density at radius 2 is 1.87 bits per heavy atom. The zero-order valence-corrected chi connectivity index (χ0v) is 14.0. The van der Waals surface area contributed by atoms with Crippen LogP contribution in [0.1, 0.15) is 56.9 Å². The number of likely N-dealkylation sites (tertiary alicyclic amines) is 1. The van der Waals surface area contributed by atoms with Crippen LogP contribution < -0.4 is 0 Å². The van der Waals surface area contributed by atoms with Crippen LogP contribution in [0, 0.1) is 5.92 Å². The van der Waals surface area contributed by atoms with E-state index >= 15 is 0 Å². The largest absolute Gasteiger partial charge is 0.446 e. The number of nitrogens with zero attached hydrogens (tertiary/aromatic N) is 2. The summed E-state index contributed by atoms with van der Waals surface area (Å²) in [5.41, 5.74) is 1.38. The minimum atomic E-state index is -0.0779. The van der Waals surface area contributed by atoms with Crippen molar-refractivity contribution in [2.45, 2.75) is 63.9 Å². The number of carbonyl (C=O) groups is 1. The second kappa shape index (κ2) is 8.32. The summed E-state index contributed by atoms with van der Waals surface area (Å²) >= 11 is 0. The Balaban J connectivity index is 1.27. The Kier molecular flexibility index (Phi) is 5.89. The van der Waals surface area contributed by atoms with Gasteiger partial charge in [-0.3, -0.25) is 4.98 Å². The molecule has 1 aliphatic heterocycles. The maximum Gasteiger partial charge on any atom is 0.410 e. The third-order valence-electron chi connectivity index (χ3n) is 5.27. The van der Waals surface area contributed by atoms with Crippen LogP contribution in [-0.2, 0) is 11.2 Å². The van der Waals surface area contributed by atoms with Crippen molar-refractivity contribution in [2.75, 3.05) is 13.1 Å². The summed E-state index contributed by atoms with van der Waals surface area (Å²) in [5.74, 6) is 0.778. The van der Waals surface area contributed by atoms with E-state index in [1.807, 2.05) is 17.3 Å². The molecule has 1 aromatic heterocycles. The van der Waals surface area contributed by atoms with Crippen molar-refractivity contribution in [1.29, 1.82) is 0 Å². The third kappa shape index (κ3) is 4.95. The third-order valence-corrected chi connectivity index (χ3v) is 5.27. The average molecular weight is 316 g/mol. The molecule has 2 fully saturated rings. The first kappa shape index (κ1) is 16.3. The summed E-state index contributed by atoms with van der Waals surface area (Å²) in [6.07, 6.45) is 14.4. The highest BCUT2D eigenvalue weighted by molar-refractivity contribution is 5.68. The van der Waals surface area contributed by atoms with E-state index in [1.54, 1.807) is 0 Å². The standard InChI is InChI=1S/C19H28N2O2/c22-19(23-18-6-3-7-18)21-14-10-17(11-15-21)5-2-1-4-16-8-12-20-13-9-16/h8-9,12-13,17-18H,1-7,10-11,14-15H2. The molecule has 2 aliphatic rings. The number of amides is 1. The second-order valence-electron chi connectivity index (χ2n) is 6.97. The molecule has 0 N–H and O–H groups in total. The number of ether oxygens (including phenoxy) is 1. The summed E-state index contributed by atoms with van der Waals surface area (Å²) in [7, 11) is 0. The van der Waals surface area contributed by atoms with Gasteiger partial charge in [0.2, 0.25) is 0 Å². The highest BCUT2D eigenvalue weighted by atomic mass is 16.6. The molecule has 0 atom stereocenters. The van der Waals surface area contributed by atoms with Gasteiger partial charge in [-0.2, -0.15) is 0 Å². The Bertz CT molecular complexity index is 479. The summed E-state index contributed by atoms with van der Waals surface area (Å²) < 4.78 is 5.49. The molecule has 1 saturated heterocycles. The lowest BCUT2D eigenvalue weighted by molar-refractivity contribution is 0.0202. The molecule has 126 valence electrons. The zero-order valence-electron chi connectivity index (χ0n) is 14.0. The lowest BCUT2D eigenvalue weighted by Crippen LogP contribution is -2.41. The van der Waals surface area contributed by atoms with Crippen LogP contribution in [-0.4, -0.2) is 35.2 Å². The summed E-state index contributed by atoms with van der Waals surface area (Å²) in [5, 5.41) is 0. The fourth-order valence-electron chi connectivity index (χ4n) is 3.42. The molecule has 0 unspecified atom stereocenters. The van der Waals surface area contributed by atoms with Crippen molar-refractivity contribution in [1.82, 2.24) is 9.88 Å². The number of hydrogen-bond acceptors (Lipinski definition) is 3. The first-order valence-corrected chi connectivity index (χ1v) is 9.16. The molecule has 3 rings (SSSR count). The van der Waals surface area contributed by atoms with Gasteiger partial charge < -0.3 is 9.64 Å². The lowest BCUT2D eigenvalue weighted by Gasteiger charge is -2.34. The fraction of sp³-hybridized carbons (Fsp3) is 0.684. The van der Waals surface area contributed by atoms with Gasteiger partial charge in [0.15, 0.2) is 0 Å². The Morgan fingerprint density at radius 3 is 2.52 bits per heavy atom. The summed E-state index contributed by atoms with van der Waals surface area (Å²) in [6, 6.07) is 4.21.